The molecular weight excluding hydrogens is 232 g/mol. The smallest absolute Gasteiger partial charge is 0.230 e. The third-order valence-electron chi connectivity index (χ3n) is 2.04. The van der Waals surface area contributed by atoms with E-state index in [0.717, 1.165) is 17.0 Å². The van der Waals surface area contributed by atoms with Gasteiger partial charge in [-0.2, -0.15) is 0 Å². The van der Waals surface area contributed by atoms with Crippen LogP contribution in [0.4, 0.5) is 5.69 Å². The molecule has 1 fully saturated rings. The van der Waals surface area contributed by atoms with Gasteiger partial charge in [-0.05, 0) is 40.8 Å². The Balaban J connectivity index is 2.05. The van der Waals surface area contributed by atoms with Crippen LogP contribution in [-0.4, -0.2) is 11.6 Å². The van der Waals surface area contributed by atoms with Crippen molar-refractivity contribution in [2.24, 2.45) is 5.92 Å². The molecule has 1 saturated carbocycles. The molecular formula is C9H11BrN2O. The van der Waals surface area contributed by atoms with Gasteiger partial charge in [-0.15, -0.1) is 0 Å². The van der Waals surface area contributed by atoms with E-state index >= 15 is 0 Å². The van der Waals surface area contributed by atoms with E-state index in [1.807, 2.05) is 0 Å². The Hall–Kier alpha value is -0.770. The summed E-state index contributed by atoms with van der Waals surface area (Å²) < 4.78 is 6.26. The predicted octanol–water partition coefficient (Wildman–Crippen LogP) is 2.22. The van der Waals surface area contributed by atoms with Crippen molar-refractivity contribution in [3.05, 3.63) is 16.7 Å². The first kappa shape index (κ1) is 8.81. The van der Waals surface area contributed by atoms with Gasteiger partial charge in [-0.3, -0.25) is 0 Å². The molecule has 0 unspecified atom stereocenters. The van der Waals surface area contributed by atoms with Gasteiger partial charge >= 0.3 is 0 Å². The van der Waals surface area contributed by atoms with Gasteiger partial charge in [0.25, 0.3) is 0 Å². The van der Waals surface area contributed by atoms with E-state index in [-0.39, 0.29) is 0 Å². The van der Waals surface area contributed by atoms with Gasteiger partial charge in [0, 0.05) is 6.20 Å². The number of nitrogens with two attached hydrogens (primary N) is 1. The van der Waals surface area contributed by atoms with Crippen molar-refractivity contribution in [1.82, 2.24) is 4.98 Å². The van der Waals surface area contributed by atoms with Gasteiger partial charge in [0.1, 0.15) is 4.47 Å². The standard InChI is InChI=1S/C9H11BrN2O/c10-8-7(11)3-4-12-9(8)13-5-6-1-2-6/h3-4,6H,1-2,5H2,(H2,11,12). The number of aromatic nitrogens is 1. The molecule has 0 bridgehead atoms. The molecule has 0 aliphatic heterocycles. The molecule has 0 spiro atoms. The Morgan fingerprint density at radius 1 is 1.62 bits per heavy atom. The largest absolute Gasteiger partial charge is 0.477 e. The van der Waals surface area contributed by atoms with Gasteiger partial charge in [0.2, 0.25) is 5.88 Å². The maximum Gasteiger partial charge on any atom is 0.230 e. The number of rotatable bonds is 3. The zero-order valence-corrected chi connectivity index (χ0v) is 8.75. The number of ether oxygens (including phenoxy) is 1. The van der Waals surface area contributed by atoms with Crippen molar-refractivity contribution in [1.29, 1.82) is 0 Å². The van der Waals surface area contributed by atoms with Crippen molar-refractivity contribution in [3.63, 3.8) is 0 Å². The van der Waals surface area contributed by atoms with Crippen LogP contribution in [0.1, 0.15) is 12.8 Å². The highest BCUT2D eigenvalue weighted by atomic mass is 79.9. The summed E-state index contributed by atoms with van der Waals surface area (Å²) in [6, 6.07) is 1.74. The number of nitrogens with zero attached hydrogens (tertiary/aromatic N) is 1. The van der Waals surface area contributed by atoms with Crippen molar-refractivity contribution in [2.45, 2.75) is 12.8 Å². The molecule has 1 aliphatic carbocycles. The molecule has 0 radical (unpaired) electrons. The number of halogens is 1. The molecule has 1 heterocycles. The van der Waals surface area contributed by atoms with E-state index in [9.17, 15) is 0 Å². The molecule has 0 saturated heterocycles. The van der Waals surface area contributed by atoms with Crippen molar-refractivity contribution in [2.75, 3.05) is 12.3 Å². The van der Waals surface area contributed by atoms with Gasteiger partial charge in [0.05, 0.1) is 12.3 Å². The van der Waals surface area contributed by atoms with E-state index in [2.05, 4.69) is 20.9 Å². The van der Waals surface area contributed by atoms with E-state index in [0.29, 0.717) is 11.6 Å². The molecule has 2 rings (SSSR count). The van der Waals surface area contributed by atoms with Crippen LogP contribution in [0.2, 0.25) is 0 Å². The Morgan fingerprint density at radius 2 is 2.38 bits per heavy atom. The second kappa shape index (κ2) is 3.54. The third kappa shape index (κ3) is 2.12. The molecule has 1 aromatic heterocycles. The van der Waals surface area contributed by atoms with Crippen molar-refractivity contribution < 1.29 is 4.74 Å². The maximum absolute atomic E-state index is 5.68. The van der Waals surface area contributed by atoms with Crippen LogP contribution in [0, 0.1) is 5.92 Å². The number of anilines is 1. The minimum absolute atomic E-state index is 0.604. The minimum Gasteiger partial charge on any atom is -0.477 e. The molecule has 0 aromatic carbocycles. The lowest BCUT2D eigenvalue weighted by Crippen LogP contribution is -2.02. The van der Waals surface area contributed by atoms with Crippen LogP contribution < -0.4 is 10.5 Å². The van der Waals surface area contributed by atoms with Crippen LogP contribution in [0.25, 0.3) is 0 Å². The monoisotopic (exact) mass is 242 g/mol. The fourth-order valence-electron chi connectivity index (χ4n) is 1.02. The highest BCUT2D eigenvalue weighted by Crippen LogP contribution is 2.32. The van der Waals surface area contributed by atoms with Crippen LogP contribution in [0.15, 0.2) is 16.7 Å². The van der Waals surface area contributed by atoms with E-state index < -0.39 is 0 Å². The number of hydrogen-bond donors (Lipinski definition) is 1. The Morgan fingerprint density at radius 3 is 3.08 bits per heavy atom. The molecule has 0 amide bonds. The Bertz CT molecular complexity index is 312. The summed E-state index contributed by atoms with van der Waals surface area (Å²) in [7, 11) is 0. The van der Waals surface area contributed by atoms with Crippen LogP contribution in [0.5, 0.6) is 5.88 Å². The normalized spacial score (nSPS) is 15.8. The van der Waals surface area contributed by atoms with Crippen LogP contribution in [0.3, 0.4) is 0 Å². The first-order valence-electron chi connectivity index (χ1n) is 4.30. The minimum atomic E-state index is 0.604. The number of pyridine rings is 1. The average Bonchev–Trinajstić information content (AvgIpc) is 2.91. The summed E-state index contributed by atoms with van der Waals surface area (Å²) in [6.45, 7) is 0.759. The molecule has 1 aromatic rings. The van der Waals surface area contributed by atoms with Crippen LogP contribution in [-0.2, 0) is 0 Å². The van der Waals surface area contributed by atoms with E-state index in [4.69, 9.17) is 10.5 Å². The lowest BCUT2D eigenvalue weighted by Gasteiger charge is -2.06. The number of nitrogen functional groups attached to an aromatic ring is 1. The Labute approximate surface area is 85.4 Å². The molecule has 70 valence electrons. The number of hydrogen-bond acceptors (Lipinski definition) is 3. The highest BCUT2D eigenvalue weighted by Gasteiger charge is 2.22. The fourth-order valence-corrected chi connectivity index (χ4v) is 1.37. The van der Waals surface area contributed by atoms with E-state index in [1.54, 1.807) is 12.3 Å². The summed E-state index contributed by atoms with van der Waals surface area (Å²) in [5.74, 6) is 1.34. The molecule has 3 nitrogen and oxygen atoms in total. The predicted molar refractivity (Wildman–Crippen MR) is 54.6 cm³/mol. The maximum atomic E-state index is 5.68. The summed E-state index contributed by atoms with van der Waals surface area (Å²) in [4.78, 5) is 4.09. The molecule has 1 aliphatic rings. The summed E-state index contributed by atoms with van der Waals surface area (Å²) in [6.07, 6.45) is 4.21. The first-order valence-corrected chi connectivity index (χ1v) is 5.09. The first-order chi connectivity index (χ1) is 6.27. The van der Waals surface area contributed by atoms with E-state index in [1.165, 1.54) is 12.8 Å². The molecule has 2 N–H and O–H groups in total. The SMILES string of the molecule is Nc1ccnc(OCC2CC2)c1Br. The average molecular weight is 243 g/mol. The van der Waals surface area contributed by atoms with Gasteiger partial charge < -0.3 is 10.5 Å². The van der Waals surface area contributed by atoms with Crippen molar-refractivity contribution >= 4 is 21.6 Å². The topological polar surface area (TPSA) is 48.1 Å². The third-order valence-corrected chi connectivity index (χ3v) is 2.84. The second-order valence-corrected chi connectivity index (χ2v) is 4.07. The second-order valence-electron chi connectivity index (χ2n) is 3.27. The summed E-state index contributed by atoms with van der Waals surface area (Å²) in [5.41, 5.74) is 6.34. The highest BCUT2D eigenvalue weighted by molar-refractivity contribution is 9.10. The lowest BCUT2D eigenvalue weighted by atomic mass is 10.4. The zero-order chi connectivity index (χ0) is 9.26. The molecule has 0 atom stereocenters. The lowest BCUT2D eigenvalue weighted by molar-refractivity contribution is 0.287. The van der Waals surface area contributed by atoms with Crippen molar-refractivity contribution in [3.8, 4) is 5.88 Å². The quantitative estimate of drug-likeness (QED) is 0.885. The zero-order valence-electron chi connectivity index (χ0n) is 7.16. The summed E-state index contributed by atoms with van der Waals surface area (Å²) in [5, 5.41) is 0. The Kier molecular flexibility index (Phi) is 2.40. The van der Waals surface area contributed by atoms with Gasteiger partial charge in [-0.25, -0.2) is 4.98 Å². The summed E-state index contributed by atoms with van der Waals surface area (Å²) >= 11 is 3.34. The van der Waals surface area contributed by atoms with Gasteiger partial charge in [-0.1, -0.05) is 0 Å². The molecule has 13 heavy (non-hydrogen) atoms. The fraction of sp³-hybridized carbons (Fsp3) is 0.444. The van der Waals surface area contributed by atoms with Crippen LogP contribution >= 0.6 is 15.9 Å². The van der Waals surface area contributed by atoms with Gasteiger partial charge in [0.15, 0.2) is 0 Å². The molecule has 4 heteroatoms.